The van der Waals surface area contributed by atoms with Crippen molar-refractivity contribution in [3.8, 4) is 0 Å². The van der Waals surface area contributed by atoms with Gasteiger partial charge < -0.3 is 42.5 Å². The Morgan fingerprint density at radius 1 is 0.887 bits per heavy atom. The van der Waals surface area contributed by atoms with Gasteiger partial charge in [-0.05, 0) is 31.4 Å². The van der Waals surface area contributed by atoms with Gasteiger partial charge in [0.25, 0.3) is 18.2 Å². The number of fused-ring (bicyclic) bond motifs is 2. The van der Waals surface area contributed by atoms with Crippen LogP contribution in [0.5, 0.6) is 0 Å². The molecule has 21 heteroatoms. The summed E-state index contributed by atoms with van der Waals surface area (Å²) in [7, 11) is 0. The second-order valence-electron chi connectivity index (χ2n) is 13.0. The van der Waals surface area contributed by atoms with E-state index in [0.29, 0.717) is 47.1 Å². The molecule has 2 saturated heterocycles. The number of nitrogens with two attached hydrogens (primary N) is 2. The molecule has 6 rings (SSSR count). The monoisotopic (exact) mass is 748 g/mol. The lowest BCUT2D eigenvalue weighted by molar-refractivity contribution is -0.141. The first-order valence-corrected chi connectivity index (χ1v) is 16.7. The summed E-state index contributed by atoms with van der Waals surface area (Å²) in [5.74, 6) is -4.49. The van der Waals surface area contributed by atoms with Gasteiger partial charge in [-0.15, -0.1) is 0 Å². The summed E-state index contributed by atoms with van der Waals surface area (Å²) in [5.41, 5.74) is 19.2. The van der Waals surface area contributed by atoms with Gasteiger partial charge in [0.05, 0.1) is 46.9 Å². The van der Waals surface area contributed by atoms with Crippen molar-refractivity contribution in [1.82, 2.24) is 40.2 Å². The van der Waals surface area contributed by atoms with Crippen LogP contribution in [-0.4, -0.2) is 105 Å². The molecule has 0 aliphatic carbocycles. The predicted molar refractivity (Wildman–Crippen MR) is 181 cm³/mol. The number of carbonyl (C=O) groups excluding carboxylic acids is 4. The lowest BCUT2D eigenvalue weighted by atomic mass is 9.94. The minimum Gasteiger partial charge on any atom is -0.365 e. The van der Waals surface area contributed by atoms with Crippen LogP contribution in [-0.2, 0) is 9.59 Å². The van der Waals surface area contributed by atoms with Gasteiger partial charge in [0.15, 0.2) is 0 Å². The maximum atomic E-state index is 13.2. The van der Waals surface area contributed by atoms with E-state index in [9.17, 15) is 41.1 Å². The van der Waals surface area contributed by atoms with E-state index in [2.05, 4.69) is 31.1 Å². The van der Waals surface area contributed by atoms with E-state index in [1.54, 1.807) is 39.1 Å². The highest BCUT2D eigenvalue weighted by Crippen LogP contribution is 2.35. The molecule has 4 aromatic rings. The average Bonchev–Trinajstić information content (AvgIpc) is 3.77. The quantitative estimate of drug-likeness (QED) is 0.105. The number of hydrogen-bond donors (Lipinski definition) is 7. The summed E-state index contributed by atoms with van der Waals surface area (Å²) >= 11 is 0. The van der Waals surface area contributed by atoms with E-state index < -0.39 is 67.2 Å². The summed E-state index contributed by atoms with van der Waals surface area (Å²) < 4.78 is 66.1. The van der Waals surface area contributed by atoms with Crippen LogP contribution in [0.2, 0.25) is 0 Å². The lowest BCUT2D eigenvalue weighted by Crippen LogP contribution is -2.49. The Hall–Kier alpha value is -5.57. The standard InChI is InChI=1S/C32H37F5N12O4/c33-23(34)11-43-31(53)17-8-18(14-48(13-17)46-24-19-3-5-40-28(19)41-9-21(24)26(38)50)49-7-4-20-25(22(27(39)51)10-42-29(20)49)45-47-6-1-2-16(12-47)30(52)44-15-32(35,36)37/h3-5,7,9-10,16-18,23H,1-2,6,8,11-15H2,(H2,38,50)(H2,39,51)(H,42,45)(H,43,53)(H,44,52)(H2,40,41,46)/t16-,17-,18?/m0/s1. The number of amides is 4. The normalized spacial score (nSPS) is 20.1. The second kappa shape index (κ2) is 15.2. The summed E-state index contributed by atoms with van der Waals surface area (Å²) in [6, 6.07) is 2.84. The highest BCUT2D eigenvalue weighted by atomic mass is 19.4. The zero-order chi connectivity index (χ0) is 38.0. The molecule has 4 aromatic heterocycles. The van der Waals surface area contributed by atoms with Gasteiger partial charge in [0.1, 0.15) is 17.8 Å². The first-order valence-electron chi connectivity index (χ1n) is 16.7. The van der Waals surface area contributed by atoms with Crippen molar-refractivity contribution in [2.45, 2.75) is 37.9 Å². The number of pyridine rings is 2. The first-order chi connectivity index (χ1) is 25.2. The number of rotatable bonds is 12. The van der Waals surface area contributed by atoms with Crippen LogP contribution in [0.1, 0.15) is 46.0 Å². The number of halogens is 5. The fourth-order valence-corrected chi connectivity index (χ4v) is 6.84. The van der Waals surface area contributed by atoms with Crippen molar-refractivity contribution >= 4 is 57.1 Å². The topological polar surface area (TPSA) is 221 Å². The largest absolute Gasteiger partial charge is 0.405 e. The number of carbonyl (C=O) groups is 4. The SMILES string of the molecule is NC(=O)c1cnc2[nH]ccc2c1NN1CC(n2ccc3c(NN4CCC[C@H](C(=O)NCC(F)(F)F)C4)c(C(N)=O)cnc32)C[C@H](C(=O)NCC(F)F)C1. The number of piperidine rings is 2. The van der Waals surface area contributed by atoms with Crippen LogP contribution < -0.4 is 33.0 Å². The van der Waals surface area contributed by atoms with Crippen molar-refractivity contribution in [1.29, 1.82) is 0 Å². The van der Waals surface area contributed by atoms with Gasteiger partial charge in [0, 0.05) is 61.7 Å². The van der Waals surface area contributed by atoms with Crippen LogP contribution in [0.3, 0.4) is 0 Å². The Morgan fingerprint density at radius 2 is 1.55 bits per heavy atom. The Balaban J connectivity index is 1.30. The van der Waals surface area contributed by atoms with Crippen LogP contribution in [0.4, 0.5) is 33.3 Å². The third-order valence-corrected chi connectivity index (χ3v) is 9.28. The van der Waals surface area contributed by atoms with Crippen molar-refractivity contribution in [3.63, 3.8) is 0 Å². The average molecular weight is 749 g/mol. The molecule has 0 aromatic carbocycles. The summed E-state index contributed by atoms with van der Waals surface area (Å²) in [4.78, 5) is 62.4. The summed E-state index contributed by atoms with van der Waals surface area (Å²) in [6.45, 7) is -1.56. The molecule has 9 N–H and O–H groups in total. The molecule has 2 aliphatic heterocycles. The number of primary amides is 2. The number of nitrogens with zero attached hydrogens (tertiary/aromatic N) is 5. The van der Waals surface area contributed by atoms with Crippen molar-refractivity contribution < 1.29 is 41.1 Å². The molecule has 2 aliphatic rings. The van der Waals surface area contributed by atoms with E-state index in [4.69, 9.17) is 11.5 Å². The molecule has 3 atom stereocenters. The number of hydrazine groups is 2. The molecule has 0 spiro atoms. The highest BCUT2D eigenvalue weighted by Gasteiger charge is 2.36. The Kier molecular flexibility index (Phi) is 10.7. The molecular weight excluding hydrogens is 711 g/mol. The van der Waals surface area contributed by atoms with E-state index >= 15 is 0 Å². The first kappa shape index (κ1) is 37.2. The van der Waals surface area contributed by atoms with Gasteiger partial charge in [0.2, 0.25) is 11.8 Å². The third kappa shape index (κ3) is 8.40. The zero-order valence-corrected chi connectivity index (χ0v) is 28.1. The molecule has 0 bridgehead atoms. The van der Waals surface area contributed by atoms with Gasteiger partial charge in [-0.1, -0.05) is 0 Å². The van der Waals surface area contributed by atoms with Gasteiger partial charge in [-0.25, -0.2) is 28.8 Å². The van der Waals surface area contributed by atoms with E-state index in [0.717, 1.165) is 0 Å². The molecule has 284 valence electrons. The molecule has 6 heterocycles. The Bertz CT molecular complexity index is 2020. The van der Waals surface area contributed by atoms with Crippen LogP contribution in [0.25, 0.3) is 22.1 Å². The molecule has 2 fully saturated rings. The van der Waals surface area contributed by atoms with E-state index in [1.165, 1.54) is 12.4 Å². The minimum absolute atomic E-state index is 0.0160. The van der Waals surface area contributed by atoms with E-state index in [1.807, 2.05) is 5.32 Å². The fraction of sp³-hybridized carbons (Fsp3) is 0.438. The summed E-state index contributed by atoms with van der Waals surface area (Å²) in [5, 5.41) is 8.50. The minimum atomic E-state index is -4.56. The van der Waals surface area contributed by atoms with E-state index in [-0.39, 0.29) is 42.9 Å². The molecular formula is C32H37F5N12O4. The second-order valence-corrected chi connectivity index (χ2v) is 13.0. The highest BCUT2D eigenvalue weighted by molar-refractivity contribution is 6.06. The number of alkyl halides is 5. The van der Waals surface area contributed by atoms with Gasteiger partial charge in [-0.3, -0.25) is 19.2 Å². The third-order valence-electron chi connectivity index (χ3n) is 9.28. The van der Waals surface area contributed by atoms with Gasteiger partial charge in [-0.2, -0.15) is 13.2 Å². The molecule has 16 nitrogen and oxygen atoms in total. The predicted octanol–water partition coefficient (Wildman–Crippen LogP) is 2.10. The van der Waals surface area contributed by atoms with Crippen molar-refractivity contribution in [2.75, 3.05) is 50.1 Å². The van der Waals surface area contributed by atoms with Crippen LogP contribution in [0.15, 0.2) is 36.9 Å². The van der Waals surface area contributed by atoms with Crippen molar-refractivity contribution in [3.05, 3.63) is 48.0 Å². The number of nitrogens with one attached hydrogen (secondary N) is 5. The smallest absolute Gasteiger partial charge is 0.365 e. The number of aromatic amines is 1. The Labute approximate surface area is 297 Å². The molecule has 4 amide bonds. The lowest BCUT2D eigenvalue weighted by Gasteiger charge is -2.38. The molecule has 0 radical (unpaired) electrons. The number of H-pyrrole nitrogens is 1. The van der Waals surface area contributed by atoms with Gasteiger partial charge >= 0.3 is 6.18 Å². The maximum Gasteiger partial charge on any atom is 0.405 e. The number of hydrogen-bond acceptors (Lipinski definition) is 10. The maximum absolute atomic E-state index is 13.2. The Morgan fingerprint density at radius 3 is 2.25 bits per heavy atom. The zero-order valence-electron chi connectivity index (χ0n) is 28.1. The molecule has 1 unspecified atom stereocenters. The van der Waals surface area contributed by atoms with Crippen molar-refractivity contribution in [2.24, 2.45) is 23.3 Å². The fourth-order valence-electron chi connectivity index (χ4n) is 6.84. The van der Waals surface area contributed by atoms with Crippen LogP contribution >= 0.6 is 0 Å². The molecule has 53 heavy (non-hydrogen) atoms. The molecule has 0 saturated carbocycles. The number of anilines is 2. The summed E-state index contributed by atoms with van der Waals surface area (Å²) in [6.07, 6.45) is -0.403. The number of aromatic nitrogens is 4. The van der Waals surface area contributed by atoms with Crippen LogP contribution in [0, 0.1) is 11.8 Å².